The number of carbonyl (C=O) groups is 1. The van der Waals surface area contributed by atoms with Gasteiger partial charge in [0.25, 0.3) is 0 Å². The van der Waals surface area contributed by atoms with Crippen LogP contribution in [0.4, 0.5) is 0 Å². The minimum atomic E-state index is -0.988. The van der Waals surface area contributed by atoms with Gasteiger partial charge >= 0.3 is 5.97 Å². The van der Waals surface area contributed by atoms with Crippen LogP contribution in [0.25, 0.3) is 0 Å². The van der Waals surface area contributed by atoms with Crippen molar-refractivity contribution in [1.82, 2.24) is 9.80 Å². The lowest BCUT2D eigenvalue weighted by Gasteiger charge is -2.35. The quantitative estimate of drug-likeness (QED) is 0.767. The second-order valence-electron chi connectivity index (χ2n) is 7.45. The van der Waals surface area contributed by atoms with Crippen molar-refractivity contribution < 1.29 is 19.4 Å². The number of nitrogens with zero attached hydrogens (tertiary/aromatic N) is 2. The fourth-order valence-electron chi connectivity index (χ4n) is 4.30. The number of hydrogen-bond acceptors (Lipinski definition) is 5. The van der Waals surface area contributed by atoms with Crippen LogP contribution in [0.5, 0.6) is 11.5 Å². The van der Waals surface area contributed by atoms with Gasteiger partial charge < -0.3 is 14.6 Å². The van der Waals surface area contributed by atoms with Gasteiger partial charge in [-0.15, -0.1) is 0 Å². The van der Waals surface area contributed by atoms with Crippen LogP contribution in [-0.2, 0) is 11.3 Å². The Kier molecular flexibility index (Phi) is 6.38. The van der Waals surface area contributed by atoms with Crippen LogP contribution in [0.2, 0.25) is 0 Å². The van der Waals surface area contributed by atoms with E-state index in [-0.39, 0.29) is 6.61 Å². The van der Waals surface area contributed by atoms with E-state index in [9.17, 15) is 4.79 Å². The van der Waals surface area contributed by atoms with E-state index >= 15 is 0 Å². The predicted molar refractivity (Wildman–Crippen MR) is 99.8 cm³/mol. The minimum absolute atomic E-state index is 0.361. The van der Waals surface area contributed by atoms with Gasteiger partial charge in [-0.25, -0.2) is 4.79 Å². The van der Waals surface area contributed by atoms with E-state index in [4.69, 9.17) is 14.6 Å². The molecule has 6 heteroatoms. The number of piperidine rings is 1. The van der Waals surface area contributed by atoms with Gasteiger partial charge in [0.05, 0.1) is 7.11 Å². The van der Waals surface area contributed by atoms with Gasteiger partial charge in [0.15, 0.2) is 18.1 Å². The average Bonchev–Trinajstić information content (AvgIpc) is 2.91. The summed E-state index contributed by atoms with van der Waals surface area (Å²) >= 11 is 0. The minimum Gasteiger partial charge on any atom is -0.493 e. The summed E-state index contributed by atoms with van der Waals surface area (Å²) in [5, 5.41) is 8.86. The highest BCUT2D eigenvalue weighted by Gasteiger charge is 2.34. The first-order chi connectivity index (χ1) is 12.6. The molecule has 3 heterocycles. The molecule has 3 fully saturated rings. The maximum absolute atomic E-state index is 10.8. The van der Waals surface area contributed by atoms with Crippen molar-refractivity contribution >= 4 is 5.97 Å². The monoisotopic (exact) mass is 362 g/mol. The zero-order chi connectivity index (χ0) is 18.5. The Labute approximate surface area is 155 Å². The van der Waals surface area contributed by atoms with Crippen LogP contribution in [-0.4, -0.2) is 66.8 Å². The zero-order valence-electron chi connectivity index (χ0n) is 15.8. The third-order valence-electron chi connectivity index (χ3n) is 5.40. The molecule has 2 bridgehead atoms. The van der Waals surface area contributed by atoms with Crippen LogP contribution < -0.4 is 9.47 Å². The molecule has 3 saturated heterocycles. The summed E-state index contributed by atoms with van der Waals surface area (Å²) in [5.41, 5.74) is 1.13. The Morgan fingerprint density at radius 2 is 2.08 bits per heavy atom. The lowest BCUT2D eigenvalue weighted by molar-refractivity contribution is -0.139. The molecule has 4 rings (SSSR count). The molecule has 0 radical (unpaired) electrons. The van der Waals surface area contributed by atoms with Crippen LogP contribution in [0.15, 0.2) is 18.2 Å². The number of carboxylic acids is 1. The third-order valence-corrected chi connectivity index (χ3v) is 5.40. The summed E-state index contributed by atoms with van der Waals surface area (Å²) < 4.78 is 10.7. The molecular formula is C20H30N2O4. The molecule has 0 aliphatic carbocycles. The SMILES string of the molecule is CCCN1C[C@@H]2CC[C@H]1CN(Cc1ccc(OC)c(OCC(=O)O)c1)C2. The maximum Gasteiger partial charge on any atom is 0.341 e. The fourth-order valence-corrected chi connectivity index (χ4v) is 4.30. The van der Waals surface area contributed by atoms with Gasteiger partial charge in [0, 0.05) is 32.2 Å². The Bertz CT molecular complexity index is 622. The molecule has 0 unspecified atom stereocenters. The van der Waals surface area contributed by atoms with Gasteiger partial charge in [-0.2, -0.15) is 0 Å². The van der Waals surface area contributed by atoms with Gasteiger partial charge in [0.2, 0.25) is 0 Å². The second-order valence-corrected chi connectivity index (χ2v) is 7.45. The average molecular weight is 362 g/mol. The van der Waals surface area contributed by atoms with Crippen molar-refractivity contribution in [3.05, 3.63) is 23.8 Å². The van der Waals surface area contributed by atoms with Gasteiger partial charge in [-0.05, 0) is 49.4 Å². The van der Waals surface area contributed by atoms with E-state index in [0.717, 1.165) is 31.1 Å². The number of aliphatic carboxylic acids is 1. The van der Waals surface area contributed by atoms with Crippen molar-refractivity contribution in [2.45, 2.75) is 38.8 Å². The molecule has 3 aliphatic rings. The summed E-state index contributed by atoms with van der Waals surface area (Å²) in [4.78, 5) is 16.0. The molecule has 2 atom stereocenters. The number of hydrogen-bond donors (Lipinski definition) is 1. The molecule has 6 nitrogen and oxygen atoms in total. The Morgan fingerprint density at radius 3 is 2.81 bits per heavy atom. The smallest absolute Gasteiger partial charge is 0.341 e. The van der Waals surface area contributed by atoms with Gasteiger partial charge in [-0.3, -0.25) is 9.80 Å². The lowest BCUT2D eigenvalue weighted by atomic mass is 9.95. The molecule has 0 saturated carbocycles. The molecule has 0 amide bonds. The first-order valence-electron chi connectivity index (χ1n) is 9.57. The molecule has 1 aromatic carbocycles. The Balaban J connectivity index is 1.68. The van der Waals surface area contributed by atoms with Crippen LogP contribution in [0.1, 0.15) is 31.7 Å². The first kappa shape index (κ1) is 19.0. The van der Waals surface area contributed by atoms with E-state index in [1.807, 2.05) is 18.2 Å². The summed E-state index contributed by atoms with van der Waals surface area (Å²) in [6, 6.07) is 6.48. The highest BCUT2D eigenvalue weighted by molar-refractivity contribution is 5.68. The van der Waals surface area contributed by atoms with Gasteiger partial charge in [-0.1, -0.05) is 13.0 Å². The molecule has 1 aromatic rings. The summed E-state index contributed by atoms with van der Waals surface area (Å²) in [5.74, 6) is 0.830. The molecule has 144 valence electrons. The van der Waals surface area contributed by atoms with Crippen molar-refractivity contribution in [2.24, 2.45) is 5.92 Å². The zero-order valence-corrected chi connectivity index (χ0v) is 15.8. The predicted octanol–water partition coefficient (Wildman–Crippen LogP) is 2.46. The lowest BCUT2D eigenvalue weighted by Crippen LogP contribution is -2.44. The standard InChI is InChI=1S/C20H30N2O4/c1-3-8-22-12-16-4-6-17(22)13-21(11-16)10-15-5-7-18(25-2)19(9-15)26-14-20(23)24/h5,7,9,16-17H,3-4,6,8,10-14H2,1-2H3,(H,23,24)/t16-,17+/m1/s1. The van der Waals surface area contributed by atoms with Crippen molar-refractivity contribution in [2.75, 3.05) is 39.9 Å². The summed E-state index contributed by atoms with van der Waals surface area (Å²) in [6.45, 7) is 7.42. The first-order valence-corrected chi connectivity index (χ1v) is 9.57. The Hall–Kier alpha value is -1.79. The topological polar surface area (TPSA) is 62.2 Å². The van der Waals surface area contributed by atoms with Crippen molar-refractivity contribution in [3.63, 3.8) is 0 Å². The summed E-state index contributed by atoms with van der Waals surface area (Å²) in [6.07, 6.45) is 3.85. The molecule has 0 spiro atoms. The van der Waals surface area contributed by atoms with Crippen LogP contribution in [0.3, 0.4) is 0 Å². The fraction of sp³-hybridized carbons (Fsp3) is 0.650. The summed E-state index contributed by atoms with van der Waals surface area (Å²) in [7, 11) is 1.57. The normalized spacial score (nSPS) is 23.6. The molecule has 26 heavy (non-hydrogen) atoms. The number of rotatable bonds is 8. The van der Waals surface area contributed by atoms with E-state index in [1.165, 1.54) is 32.4 Å². The van der Waals surface area contributed by atoms with E-state index < -0.39 is 5.97 Å². The molecule has 0 aromatic heterocycles. The van der Waals surface area contributed by atoms with Crippen LogP contribution in [0, 0.1) is 5.92 Å². The highest BCUT2D eigenvalue weighted by Crippen LogP contribution is 2.31. The van der Waals surface area contributed by atoms with E-state index in [1.54, 1.807) is 7.11 Å². The van der Waals surface area contributed by atoms with Crippen LogP contribution >= 0.6 is 0 Å². The highest BCUT2D eigenvalue weighted by atomic mass is 16.5. The van der Waals surface area contributed by atoms with Crippen molar-refractivity contribution in [1.29, 1.82) is 0 Å². The number of carboxylic acid groups (broad SMARTS) is 1. The largest absolute Gasteiger partial charge is 0.493 e. The van der Waals surface area contributed by atoms with E-state index in [0.29, 0.717) is 17.5 Å². The number of methoxy groups -OCH3 is 1. The molecular weight excluding hydrogens is 332 g/mol. The van der Waals surface area contributed by atoms with Gasteiger partial charge in [0.1, 0.15) is 0 Å². The maximum atomic E-state index is 10.8. The third kappa shape index (κ3) is 4.68. The molecule has 3 aliphatic heterocycles. The van der Waals surface area contributed by atoms with E-state index in [2.05, 4.69) is 16.7 Å². The number of ether oxygens (including phenoxy) is 2. The molecule has 1 N–H and O–H groups in total. The number of benzene rings is 1. The van der Waals surface area contributed by atoms with Crippen molar-refractivity contribution in [3.8, 4) is 11.5 Å². The Morgan fingerprint density at radius 1 is 1.23 bits per heavy atom. The second kappa shape index (κ2) is 8.73. The number of fused-ring (bicyclic) bond motifs is 4.